The van der Waals surface area contributed by atoms with Gasteiger partial charge in [0.2, 0.25) is 6.29 Å². The van der Waals surface area contributed by atoms with E-state index in [0.29, 0.717) is 6.02 Å². The number of nitrogens with one attached hydrogen (secondary N) is 2. The molecule has 5 heteroatoms. The van der Waals surface area contributed by atoms with Crippen molar-refractivity contribution in [3.05, 3.63) is 0 Å². The second kappa shape index (κ2) is 3.34. The summed E-state index contributed by atoms with van der Waals surface area (Å²) in [6.45, 7) is 1.86. The van der Waals surface area contributed by atoms with Crippen LogP contribution in [0.4, 0.5) is 0 Å². The smallest absolute Gasteiger partial charge is 0.293 e. The minimum absolute atomic E-state index is 0.216. The summed E-state index contributed by atoms with van der Waals surface area (Å²) in [4.78, 5) is 8.18. The Bertz CT molecular complexity index is 199. The van der Waals surface area contributed by atoms with Crippen LogP contribution in [0, 0.1) is 0 Å². The summed E-state index contributed by atoms with van der Waals surface area (Å²) in [5.74, 6) is 0.802. The molecule has 1 aliphatic rings. The Morgan fingerprint density at radius 1 is 1.55 bits per heavy atom. The van der Waals surface area contributed by atoms with Gasteiger partial charge in [0.1, 0.15) is 5.84 Å². The van der Waals surface area contributed by atoms with Gasteiger partial charge >= 0.3 is 0 Å². The molecule has 0 aromatic carbocycles. The topological polar surface area (TPSA) is 58.0 Å². The van der Waals surface area contributed by atoms with E-state index in [-0.39, 0.29) is 6.29 Å². The third-order valence-corrected chi connectivity index (χ3v) is 1.29. The quantitative estimate of drug-likeness (QED) is 0.538. The van der Waals surface area contributed by atoms with Gasteiger partial charge in [0.05, 0.1) is 7.11 Å². The maximum atomic E-state index is 4.91. The molecular weight excluding hydrogens is 144 g/mol. The molecule has 0 aromatic heterocycles. The summed E-state index contributed by atoms with van der Waals surface area (Å²) in [5, 5.41) is 5.77. The summed E-state index contributed by atoms with van der Waals surface area (Å²) < 4.78 is 4.91. The van der Waals surface area contributed by atoms with Gasteiger partial charge in [-0.3, -0.25) is 10.6 Å². The van der Waals surface area contributed by atoms with E-state index >= 15 is 0 Å². The Kier molecular flexibility index (Phi) is 2.43. The van der Waals surface area contributed by atoms with Crippen molar-refractivity contribution in [1.82, 2.24) is 10.6 Å². The molecule has 0 radical (unpaired) electrons. The minimum atomic E-state index is -0.216. The van der Waals surface area contributed by atoms with Crippen LogP contribution in [0.1, 0.15) is 6.92 Å². The van der Waals surface area contributed by atoms with E-state index in [9.17, 15) is 0 Å². The van der Waals surface area contributed by atoms with Gasteiger partial charge in [-0.05, 0) is 14.0 Å². The number of methoxy groups -OCH3 is 1. The maximum absolute atomic E-state index is 4.91. The Balaban J connectivity index is 2.66. The lowest BCUT2D eigenvalue weighted by Crippen LogP contribution is -2.39. The number of hydrogen-bond acceptors (Lipinski definition) is 5. The maximum Gasteiger partial charge on any atom is 0.293 e. The van der Waals surface area contributed by atoms with Crippen LogP contribution in [-0.2, 0) is 4.74 Å². The second-order valence-corrected chi connectivity index (χ2v) is 2.14. The number of aliphatic imine (C=N–C) groups is 2. The van der Waals surface area contributed by atoms with E-state index in [1.165, 1.54) is 0 Å². The van der Waals surface area contributed by atoms with Crippen LogP contribution in [0.5, 0.6) is 0 Å². The van der Waals surface area contributed by atoms with Gasteiger partial charge in [-0.25, -0.2) is 4.99 Å². The fourth-order valence-corrected chi connectivity index (χ4v) is 0.775. The highest BCUT2D eigenvalue weighted by molar-refractivity contribution is 5.97. The van der Waals surface area contributed by atoms with Crippen molar-refractivity contribution >= 4 is 11.9 Å². The van der Waals surface area contributed by atoms with Crippen molar-refractivity contribution in [2.24, 2.45) is 9.98 Å². The van der Waals surface area contributed by atoms with Gasteiger partial charge < -0.3 is 4.74 Å². The minimum Gasteiger partial charge on any atom is -0.468 e. The highest BCUT2D eigenvalue weighted by atomic mass is 16.5. The third kappa shape index (κ3) is 1.91. The van der Waals surface area contributed by atoms with Gasteiger partial charge in [0.25, 0.3) is 6.02 Å². The molecule has 0 aliphatic carbocycles. The first-order chi connectivity index (χ1) is 5.26. The molecule has 0 aromatic rings. The van der Waals surface area contributed by atoms with Crippen LogP contribution < -0.4 is 10.6 Å². The van der Waals surface area contributed by atoms with Crippen molar-refractivity contribution < 1.29 is 4.74 Å². The molecule has 1 rings (SSSR count). The molecule has 1 heterocycles. The number of hydrogen-bond donors (Lipinski definition) is 2. The molecule has 1 unspecified atom stereocenters. The van der Waals surface area contributed by atoms with Crippen LogP contribution >= 0.6 is 0 Å². The normalized spacial score (nSPS) is 23.4. The van der Waals surface area contributed by atoms with Gasteiger partial charge in [0.15, 0.2) is 0 Å². The molecule has 2 N–H and O–H groups in total. The largest absolute Gasteiger partial charge is 0.468 e. The molecule has 0 bridgehead atoms. The predicted octanol–water partition coefficient (Wildman–Crippen LogP) is -0.487. The van der Waals surface area contributed by atoms with Crippen molar-refractivity contribution in [2.45, 2.75) is 13.2 Å². The molecule has 5 nitrogen and oxygen atoms in total. The molecular formula is C6H12N4O. The zero-order chi connectivity index (χ0) is 8.27. The Hall–Kier alpha value is -1.10. The van der Waals surface area contributed by atoms with E-state index in [0.717, 1.165) is 5.84 Å². The monoisotopic (exact) mass is 156 g/mol. The number of amidine groups is 2. The average molecular weight is 156 g/mol. The zero-order valence-electron chi connectivity index (χ0n) is 6.88. The van der Waals surface area contributed by atoms with Crippen LogP contribution in [0.3, 0.4) is 0 Å². The SMILES string of the molecule is CNC1N=C(C)NC(OC)=N1. The first-order valence-electron chi connectivity index (χ1n) is 3.36. The average Bonchev–Trinajstić information content (AvgIpc) is 2.03. The van der Waals surface area contributed by atoms with Crippen molar-refractivity contribution in [2.75, 3.05) is 14.2 Å². The second-order valence-electron chi connectivity index (χ2n) is 2.14. The Morgan fingerprint density at radius 2 is 2.27 bits per heavy atom. The Morgan fingerprint density at radius 3 is 2.82 bits per heavy atom. The third-order valence-electron chi connectivity index (χ3n) is 1.29. The molecule has 0 spiro atoms. The summed E-state index contributed by atoms with van der Waals surface area (Å²) in [7, 11) is 3.36. The fraction of sp³-hybridized carbons (Fsp3) is 0.667. The summed E-state index contributed by atoms with van der Waals surface area (Å²) in [6, 6.07) is 0.497. The number of ether oxygens (including phenoxy) is 1. The van der Waals surface area contributed by atoms with Gasteiger partial charge in [-0.2, -0.15) is 4.99 Å². The van der Waals surface area contributed by atoms with E-state index in [4.69, 9.17) is 4.74 Å². The molecule has 11 heavy (non-hydrogen) atoms. The lowest BCUT2D eigenvalue weighted by molar-refractivity contribution is 0.377. The lowest BCUT2D eigenvalue weighted by atomic mass is 10.6. The first-order valence-corrected chi connectivity index (χ1v) is 3.36. The highest BCUT2D eigenvalue weighted by Gasteiger charge is 2.11. The van der Waals surface area contributed by atoms with Crippen molar-refractivity contribution in [3.63, 3.8) is 0 Å². The van der Waals surface area contributed by atoms with Crippen LogP contribution in [-0.4, -0.2) is 32.3 Å². The number of nitrogens with zero attached hydrogens (tertiary/aromatic N) is 2. The van der Waals surface area contributed by atoms with Gasteiger partial charge in [-0.1, -0.05) is 0 Å². The molecule has 0 saturated carbocycles. The summed E-state index contributed by atoms with van der Waals surface area (Å²) in [6.07, 6.45) is -0.216. The first kappa shape index (κ1) is 8.00. The van der Waals surface area contributed by atoms with Crippen molar-refractivity contribution in [3.8, 4) is 0 Å². The molecule has 1 aliphatic heterocycles. The van der Waals surface area contributed by atoms with Gasteiger partial charge in [-0.15, -0.1) is 0 Å². The highest BCUT2D eigenvalue weighted by Crippen LogP contribution is 1.95. The summed E-state index contributed by atoms with van der Waals surface area (Å²) >= 11 is 0. The Labute approximate surface area is 65.6 Å². The lowest BCUT2D eigenvalue weighted by Gasteiger charge is -2.17. The van der Waals surface area contributed by atoms with E-state index < -0.39 is 0 Å². The summed E-state index contributed by atoms with van der Waals surface area (Å²) in [5.41, 5.74) is 0. The molecule has 0 fully saturated rings. The standard InChI is InChI=1S/C6H12N4O/c1-4-8-5(7-2)10-6(9-4)11-3/h5,7H,1-3H3,(H,8,9,10). The van der Waals surface area contributed by atoms with Gasteiger partial charge in [0, 0.05) is 0 Å². The number of rotatable bonds is 1. The zero-order valence-corrected chi connectivity index (χ0v) is 6.88. The van der Waals surface area contributed by atoms with Crippen LogP contribution in [0.25, 0.3) is 0 Å². The molecule has 1 atom stereocenters. The fourth-order valence-electron chi connectivity index (χ4n) is 0.775. The molecule has 0 amide bonds. The molecule has 62 valence electrons. The van der Waals surface area contributed by atoms with E-state index in [2.05, 4.69) is 20.6 Å². The van der Waals surface area contributed by atoms with Crippen LogP contribution in [0.2, 0.25) is 0 Å². The predicted molar refractivity (Wildman–Crippen MR) is 43.5 cm³/mol. The van der Waals surface area contributed by atoms with E-state index in [1.807, 2.05) is 6.92 Å². The molecule has 0 saturated heterocycles. The van der Waals surface area contributed by atoms with Crippen molar-refractivity contribution in [1.29, 1.82) is 0 Å². The van der Waals surface area contributed by atoms with E-state index in [1.54, 1.807) is 14.2 Å². The van der Waals surface area contributed by atoms with Crippen LogP contribution in [0.15, 0.2) is 9.98 Å².